The van der Waals surface area contributed by atoms with Crippen LogP contribution >= 0.6 is 0 Å². The molecule has 1 fully saturated rings. The minimum atomic E-state index is -1.20. The fraction of sp³-hybridized carbons (Fsp3) is 0.429. The van der Waals surface area contributed by atoms with E-state index in [0.29, 0.717) is 37.2 Å². The van der Waals surface area contributed by atoms with E-state index in [1.54, 1.807) is 12.1 Å². The molecule has 0 aliphatic heterocycles. The summed E-state index contributed by atoms with van der Waals surface area (Å²) in [6.45, 7) is 0.0689. The van der Waals surface area contributed by atoms with Crippen molar-refractivity contribution in [2.24, 2.45) is 11.8 Å². The number of benzene rings is 2. The van der Waals surface area contributed by atoms with E-state index in [2.05, 4.69) is 29.6 Å². The summed E-state index contributed by atoms with van der Waals surface area (Å²) in [6, 6.07) is 9.05. The van der Waals surface area contributed by atoms with Crippen LogP contribution in [-0.2, 0) is 39.1 Å². The molecule has 0 amide bonds. The van der Waals surface area contributed by atoms with Gasteiger partial charge in [-0.15, -0.1) is 0 Å². The fourth-order valence-corrected chi connectivity index (χ4v) is 4.32. The molecule has 3 rings (SSSR count). The van der Waals surface area contributed by atoms with Crippen LogP contribution in [-0.4, -0.2) is 65.9 Å². The zero-order valence-electron chi connectivity index (χ0n) is 24.4. The average Bonchev–Trinajstić information content (AvgIpc) is 3.05. The SMILES string of the molecule is COc1cccc(C(=O)OOOC(=O)OCC2CCC(COC(=O)OOOC(=O)c3cccc(OC)c3OC)CC2)c1OC. The molecule has 2 aromatic carbocycles. The van der Waals surface area contributed by atoms with Gasteiger partial charge in [-0.1, -0.05) is 12.1 Å². The summed E-state index contributed by atoms with van der Waals surface area (Å²) >= 11 is 0. The lowest BCUT2D eigenvalue weighted by Crippen LogP contribution is -2.24. The second-order valence-electron chi connectivity index (χ2n) is 9.14. The van der Waals surface area contributed by atoms with Crippen molar-refractivity contribution in [3.63, 3.8) is 0 Å². The predicted molar refractivity (Wildman–Crippen MR) is 142 cm³/mol. The molecular weight excluding hydrogens is 592 g/mol. The van der Waals surface area contributed by atoms with Gasteiger partial charge in [-0.25, -0.2) is 29.0 Å². The van der Waals surface area contributed by atoms with Crippen molar-refractivity contribution in [1.82, 2.24) is 0 Å². The van der Waals surface area contributed by atoms with Crippen molar-refractivity contribution >= 4 is 24.2 Å². The highest BCUT2D eigenvalue weighted by atomic mass is 17.5. The number of hydrogen-bond acceptors (Lipinski definition) is 16. The number of ether oxygens (including phenoxy) is 6. The van der Waals surface area contributed by atoms with Crippen LogP contribution in [0.15, 0.2) is 36.4 Å². The monoisotopic (exact) mass is 624 g/mol. The Hall–Kier alpha value is -4.96. The van der Waals surface area contributed by atoms with Crippen LogP contribution < -0.4 is 18.9 Å². The molecule has 0 radical (unpaired) electrons. The lowest BCUT2D eigenvalue weighted by molar-refractivity contribution is -0.452. The highest BCUT2D eigenvalue weighted by Gasteiger charge is 2.26. The molecule has 16 heteroatoms. The van der Waals surface area contributed by atoms with E-state index >= 15 is 0 Å². The van der Waals surface area contributed by atoms with Crippen LogP contribution in [0.5, 0.6) is 23.0 Å². The number of methoxy groups -OCH3 is 4. The van der Waals surface area contributed by atoms with Gasteiger partial charge in [0.2, 0.25) is 0 Å². The van der Waals surface area contributed by atoms with Gasteiger partial charge in [0, 0.05) is 0 Å². The highest BCUT2D eigenvalue weighted by molar-refractivity contribution is 5.93. The first-order valence-electron chi connectivity index (χ1n) is 13.2. The van der Waals surface area contributed by atoms with Crippen LogP contribution in [0.25, 0.3) is 0 Å². The topological polar surface area (TPSA) is 179 Å². The van der Waals surface area contributed by atoms with E-state index in [0.717, 1.165) is 0 Å². The maximum Gasteiger partial charge on any atom is 0.543 e. The predicted octanol–water partition coefficient (Wildman–Crippen LogP) is 4.54. The summed E-state index contributed by atoms with van der Waals surface area (Å²) in [5.41, 5.74) is -0.0291. The molecule has 2 aromatic rings. The van der Waals surface area contributed by atoms with Gasteiger partial charge in [-0.3, -0.25) is 9.78 Å². The molecular formula is C28H32O16. The Balaban J connectivity index is 1.27. The Labute approximate surface area is 251 Å². The molecule has 16 nitrogen and oxygen atoms in total. The lowest BCUT2D eigenvalue weighted by Gasteiger charge is -2.27. The van der Waals surface area contributed by atoms with Crippen molar-refractivity contribution in [3.8, 4) is 23.0 Å². The van der Waals surface area contributed by atoms with E-state index in [1.807, 2.05) is 0 Å². The molecule has 0 saturated heterocycles. The van der Waals surface area contributed by atoms with Crippen molar-refractivity contribution in [3.05, 3.63) is 47.5 Å². The minimum absolute atomic E-state index is 0.0146. The Kier molecular flexibility index (Phi) is 13.1. The number of rotatable bonds is 14. The van der Waals surface area contributed by atoms with Gasteiger partial charge < -0.3 is 28.4 Å². The van der Waals surface area contributed by atoms with Crippen LogP contribution in [0, 0.1) is 11.8 Å². The van der Waals surface area contributed by atoms with Gasteiger partial charge >= 0.3 is 24.2 Å². The molecule has 1 aliphatic carbocycles. The zero-order valence-corrected chi connectivity index (χ0v) is 24.4. The van der Waals surface area contributed by atoms with Crippen LogP contribution in [0.4, 0.5) is 9.59 Å². The van der Waals surface area contributed by atoms with Crippen molar-refractivity contribution in [2.75, 3.05) is 41.7 Å². The van der Waals surface area contributed by atoms with Crippen LogP contribution in [0.2, 0.25) is 0 Å². The van der Waals surface area contributed by atoms with E-state index in [-0.39, 0.29) is 47.7 Å². The second kappa shape index (κ2) is 17.2. The Morgan fingerprint density at radius 2 is 0.955 bits per heavy atom. The lowest BCUT2D eigenvalue weighted by atomic mass is 9.83. The molecule has 1 aliphatic rings. The molecule has 44 heavy (non-hydrogen) atoms. The van der Waals surface area contributed by atoms with Crippen molar-refractivity contribution in [2.45, 2.75) is 25.7 Å². The third kappa shape index (κ3) is 9.53. The first-order valence-corrected chi connectivity index (χ1v) is 13.2. The molecule has 0 aromatic heterocycles. The third-order valence-corrected chi connectivity index (χ3v) is 6.51. The Morgan fingerprint density at radius 1 is 0.568 bits per heavy atom. The smallest absolute Gasteiger partial charge is 0.493 e. The minimum Gasteiger partial charge on any atom is -0.493 e. The number of para-hydroxylation sites is 2. The summed E-state index contributed by atoms with van der Waals surface area (Å²) in [7, 11) is 5.50. The summed E-state index contributed by atoms with van der Waals surface area (Å²) in [4.78, 5) is 65.6. The summed E-state index contributed by atoms with van der Waals surface area (Å²) in [6.07, 6.45) is 0.260. The van der Waals surface area contributed by atoms with Gasteiger partial charge in [0.05, 0.1) is 51.7 Å². The Morgan fingerprint density at radius 3 is 1.30 bits per heavy atom. The average molecular weight is 625 g/mol. The van der Waals surface area contributed by atoms with Gasteiger partial charge in [0.1, 0.15) is 11.1 Å². The van der Waals surface area contributed by atoms with Crippen molar-refractivity contribution in [1.29, 1.82) is 0 Å². The van der Waals surface area contributed by atoms with Gasteiger partial charge in [-0.05, 0) is 61.8 Å². The second-order valence-corrected chi connectivity index (χ2v) is 9.14. The van der Waals surface area contributed by atoms with E-state index in [9.17, 15) is 19.2 Å². The summed E-state index contributed by atoms with van der Waals surface area (Å²) in [5, 5.41) is 8.50. The molecule has 1 saturated carbocycles. The molecule has 0 atom stereocenters. The first-order chi connectivity index (χ1) is 21.3. The molecule has 0 unspecified atom stereocenters. The maximum atomic E-state index is 12.2. The molecule has 0 N–H and O–H groups in total. The van der Waals surface area contributed by atoms with Crippen molar-refractivity contribution < 1.29 is 77.2 Å². The maximum absolute atomic E-state index is 12.2. The van der Waals surface area contributed by atoms with Gasteiger partial charge in [-0.2, -0.15) is 0 Å². The molecule has 0 bridgehead atoms. The standard InChI is InChI=1S/C28H32O16/c1-33-21-9-5-7-19(23(21)35-3)25(29)39-43-41-27(31)37-15-17-11-13-18(14-12-17)16-38-28(32)42-44-40-26(30)20-8-6-10-22(34-2)24(20)36-4/h5-10,17-18H,11-16H2,1-4H3. The van der Waals surface area contributed by atoms with Gasteiger partial charge in [0.25, 0.3) is 0 Å². The summed E-state index contributed by atoms with van der Waals surface area (Å²) in [5.74, 6) is -1.12. The normalized spacial score (nSPS) is 15.6. The zero-order chi connectivity index (χ0) is 31.9. The Bertz CT molecular complexity index is 1170. The third-order valence-electron chi connectivity index (χ3n) is 6.51. The largest absolute Gasteiger partial charge is 0.543 e. The van der Waals surface area contributed by atoms with E-state index in [4.69, 9.17) is 28.4 Å². The highest BCUT2D eigenvalue weighted by Crippen LogP contribution is 2.32. The molecule has 0 heterocycles. The van der Waals surface area contributed by atoms with Crippen LogP contribution in [0.1, 0.15) is 46.4 Å². The number of carbonyl (C=O) groups excluding carboxylic acids is 4. The first kappa shape index (κ1) is 33.5. The van der Waals surface area contributed by atoms with Crippen LogP contribution in [0.3, 0.4) is 0 Å². The quantitative estimate of drug-likeness (QED) is 0.162. The van der Waals surface area contributed by atoms with E-state index < -0.39 is 24.2 Å². The number of carbonyl (C=O) groups is 4. The van der Waals surface area contributed by atoms with E-state index in [1.165, 1.54) is 52.7 Å². The molecule has 240 valence electrons. The number of hydrogen-bond donors (Lipinski definition) is 0. The van der Waals surface area contributed by atoms with Gasteiger partial charge in [0.15, 0.2) is 23.0 Å². The summed E-state index contributed by atoms with van der Waals surface area (Å²) < 4.78 is 30.5. The fourth-order valence-electron chi connectivity index (χ4n) is 4.32. The molecule has 0 spiro atoms.